The second-order valence-corrected chi connectivity index (χ2v) is 6.51. The molecule has 0 bridgehead atoms. The zero-order valence-electron chi connectivity index (χ0n) is 15.7. The molecule has 0 unspecified atom stereocenters. The van der Waals surface area contributed by atoms with Crippen LogP contribution < -0.4 is 11.1 Å². The van der Waals surface area contributed by atoms with Gasteiger partial charge in [0.05, 0.1) is 6.20 Å². The van der Waals surface area contributed by atoms with E-state index < -0.39 is 5.91 Å². The van der Waals surface area contributed by atoms with Crippen molar-refractivity contribution in [3.63, 3.8) is 0 Å². The first-order chi connectivity index (χ1) is 13.4. The maximum atomic E-state index is 12.3. The van der Waals surface area contributed by atoms with Crippen molar-refractivity contribution in [2.45, 2.75) is 33.2 Å². The summed E-state index contributed by atoms with van der Waals surface area (Å²) in [7, 11) is 0. The van der Waals surface area contributed by atoms with Crippen LogP contribution in [0.5, 0.6) is 0 Å². The number of nitrogens with two attached hydrogens (primary N) is 1. The van der Waals surface area contributed by atoms with Gasteiger partial charge >= 0.3 is 0 Å². The van der Waals surface area contributed by atoms with Crippen LogP contribution in [0.25, 0.3) is 5.65 Å². The van der Waals surface area contributed by atoms with Crippen molar-refractivity contribution >= 4 is 17.5 Å². The molecule has 0 fully saturated rings. The van der Waals surface area contributed by atoms with Crippen LogP contribution in [0.3, 0.4) is 0 Å². The van der Waals surface area contributed by atoms with Gasteiger partial charge in [0.2, 0.25) is 11.8 Å². The third kappa shape index (κ3) is 3.83. The minimum atomic E-state index is -0.500. The molecule has 0 saturated carbocycles. The number of hydrogen-bond acceptors (Lipinski definition) is 5. The number of carbonyl (C=O) groups is 2. The molecule has 142 valence electrons. The van der Waals surface area contributed by atoms with E-state index in [1.165, 1.54) is 6.20 Å². The summed E-state index contributed by atoms with van der Waals surface area (Å²) in [6.07, 6.45) is 2.29. The first kappa shape index (κ1) is 19.0. The predicted molar refractivity (Wildman–Crippen MR) is 102 cm³/mol. The number of fused-ring (bicyclic) bond motifs is 1. The molecule has 2 heterocycles. The van der Waals surface area contributed by atoms with Crippen LogP contribution in [0, 0.1) is 25.2 Å². The normalized spacial score (nSPS) is 10.6. The zero-order chi connectivity index (χ0) is 20.3. The van der Waals surface area contributed by atoms with Gasteiger partial charge in [0, 0.05) is 29.9 Å². The van der Waals surface area contributed by atoms with Gasteiger partial charge in [-0.25, -0.2) is 9.50 Å². The van der Waals surface area contributed by atoms with Gasteiger partial charge in [0.25, 0.3) is 0 Å². The number of nitrogens with zero attached hydrogens (tertiary/aromatic N) is 4. The van der Waals surface area contributed by atoms with E-state index in [-0.39, 0.29) is 12.3 Å². The first-order valence-corrected chi connectivity index (χ1v) is 8.80. The van der Waals surface area contributed by atoms with Crippen LogP contribution in [0.2, 0.25) is 0 Å². The Bertz CT molecular complexity index is 1110. The third-order valence-corrected chi connectivity index (χ3v) is 4.63. The van der Waals surface area contributed by atoms with Crippen molar-refractivity contribution in [1.29, 1.82) is 5.26 Å². The summed E-state index contributed by atoms with van der Waals surface area (Å²) >= 11 is 0. The maximum Gasteiger partial charge on any atom is 0.248 e. The summed E-state index contributed by atoms with van der Waals surface area (Å²) in [6, 6.07) is 8.93. The number of aromatic nitrogens is 3. The van der Waals surface area contributed by atoms with Gasteiger partial charge in [-0.15, -0.1) is 0 Å². The van der Waals surface area contributed by atoms with Gasteiger partial charge in [0.1, 0.15) is 11.6 Å². The average Bonchev–Trinajstić information content (AvgIpc) is 3.09. The van der Waals surface area contributed by atoms with E-state index in [1.54, 1.807) is 22.7 Å². The van der Waals surface area contributed by atoms with Crippen LogP contribution in [0.4, 0.5) is 0 Å². The molecule has 3 rings (SSSR count). The lowest BCUT2D eigenvalue weighted by Gasteiger charge is -2.11. The number of rotatable bonds is 6. The number of nitrogens with one attached hydrogen (secondary N) is 1. The second kappa shape index (κ2) is 7.88. The topological polar surface area (TPSA) is 126 Å². The van der Waals surface area contributed by atoms with Crippen LogP contribution >= 0.6 is 0 Å². The molecule has 0 aliphatic carbocycles. The maximum absolute atomic E-state index is 12.3. The largest absolute Gasteiger partial charge is 0.366 e. The van der Waals surface area contributed by atoms with Gasteiger partial charge in [-0.2, -0.15) is 10.4 Å². The monoisotopic (exact) mass is 376 g/mol. The van der Waals surface area contributed by atoms with Crippen molar-refractivity contribution in [2.24, 2.45) is 5.73 Å². The number of benzene rings is 1. The van der Waals surface area contributed by atoms with E-state index in [4.69, 9.17) is 11.0 Å². The summed E-state index contributed by atoms with van der Waals surface area (Å²) in [6.45, 7) is 4.09. The summed E-state index contributed by atoms with van der Waals surface area (Å²) in [5, 5.41) is 16.2. The molecule has 0 atom stereocenters. The van der Waals surface area contributed by atoms with E-state index in [9.17, 15) is 9.59 Å². The Kier molecular flexibility index (Phi) is 5.36. The van der Waals surface area contributed by atoms with E-state index in [2.05, 4.69) is 21.5 Å². The van der Waals surface area contributed by atoms with E-state index in [0.29, 0.717) is 29.7 Å². The Hall–Kier alpha value is -3.73. The highest BCUT2D eigenvalue weighted by Crippen LogP contribution is 2.18. The summed E-state index contributed by atoms with van der Waals surface area (Å²) < 4.78 is 1.63. The van der Waals surface area contributed by atoms with Crippen LogP contribution in [0.1, 0.15) is 44.9 Å². The van der Waals surface area contributed by atoms with Gasteiger partial charge in [0.15, 0.2) is 5.65 Å². The Morgan fingerprint density at radius 3 is 2.82 bits per heavy atom. The number of carbonyl (C=O) groups excluding carboxylic acids is 2. The third-order valence-electron chi connectivity index (χ3n) is 4.63. The molecule has 0 aliphatic heterocycles. The van der Waals surface area contributed by atoms with Crippen molar-refractivity contribution in [1.82, 2.24) is 19.9 Å². The summed E-state index contributed by atoms with van der Waals surface area (Å²) in [5.41, 5.74) is 10.0. The Morgan fingerprint density at radius 2 is 2.11 bits per heavy atom. The van der Waals surface area contributed by atoms with Crippen LogP contribution in [-0.2, 0) is 17.8 Å². The quantitative estimate of drug-likeness (QED) is 0.675. The van der Waals surface area contributed by atoms with E-state index in [1.807, 2.05) is 19.9 Å². The summed E-state index contributed by atoms with van der Waals surface area (Å²) in [5.74, 6) is -0.609. The average molecular weight is 376 g/mol. The predicted octanol–water partition coefficient (Wildman–Crippen LogP) is 1.57. The van der Waals surface area contributed by atoms with Crippen molar-refractivity contribution in [3.05, 3.63) is 64.1 Å². The van der Waals surface area contributed by atoms with Crippen LogP contribution in [0.15, 0.2) is 30.5 Å². The van der Waals surface area contributed by atoms with Crippen molar-refractivity contribution in [2.75, 3.05) is 0 Å². The standard InChI is InChI=1S/C20H20N6O2/c1-12-17(13(2)26-20(25-12)16(9-21)11-24-26)6-7-18(27)23-10-14-4-3-5-15(8-14)19(22)28/h3-5,8,11H,6-7,10H2,1-2H3,(H2,22,28)(H,23,27). The molecule has 0 saturated heterocycles. The summed E-state index contributed by atoms with van der Waals surface area (Å²) in [4.78, 5) is 28.0. The fourth-order valence-corrected chi connectivity index (χ4v) is 3.11. The SMILES string of the molecule is Cc1nc2c(C#N)cnn2c(C)c1CCC(=O)NCc1cccc(C(N)=O)c1. The molecule has 2 amide bonds. The lowest BCUT2D eigenvalue weighted by atomic mass is 10.1. The highest BCUT2D eigenvalue weighted by Gasteiger charge is 2.14. The van der Waals surface area contributed by atoms with E-state index in [0.717, 1.165) is 22.5 Å². The lowest BCUT2D eigenvalue weighted by molar-refractivity contribution is -0.121. The molecule has 28 heavy (non-hydrogen) atoms. The molecule has 3 N–H and O–H groups in total. The highest BCUT2D eigenvalue weighted by molar-refractivity contribution is 5.92. The van der Waals surface area contributed by atoms with E-state index >= 15 is 0 Å². The van der Waals surface area contributed by atoms with Crippen molar-refractivity contribution < 1.29 is 9.59 Å². The van der Waals surface area contributed by atoms with Gasteiger partial charge in [-0.3, -0.25) is 9.59 Å². The number of hydrogen-bond donors (Lipinski definition) is 2. The molecule has 0 aliphatic rings. The fraction of sp³-hybridized carbons (Fsp3) is 0.250. The molecule has 0 radical (unpaired) electrons. The number of aryl methyl sites for hydroxylation is 2. The fourth-order valence-electron chi connectivity index (χ4n) is 3.11. The number of nitriles is 1. The Balaban J connectivity index is 1.66. The van der Waals surface area contributed by atoms with Gasteiger partial charge in [-0.05, 0) is 43.5 Å². The Labute approximate surface area is 162 Å². The molecule has 1 aromatic carbocycles. The molecule has 8 nitrogen and oxygen atoms in total. The molecule has 3 aromatic rings. The molecular weight excluding hydrogens is 356 g/mol. The highest BCUT2D eigenvalue weighted by atomic mass is 16.1. The van der Waals surface area contributed by atoms with Gasteiger partial charge < -0.3 is 11.1 Å². The molecule has 0 spiro atoms. The van der Waals surface area contributed by atoms with Crippen LogP contribution in [-0.4, -0.2) is 26.4 Å². The second-order valence-electron chi connectivity index (χ2n) is 6.51. The molecule has 8 heteroatoms. The lowest BCUT2D eigenvalue weighted by Crippen LogP contribution is -2.23. The Morgan fingerprint density at radius 1 is 1.32 bits per heavy atom. The van der Waals surface area contributed by atoms with Gasteiger partial charge in [-0.1, -0.05) is 12.1 Å². The minimum Gasteiger partial charge on any atom is -0.366 e. The smallest absolute Gasteiger partial charge is 0.248 e. The number of amides is 2. The molecule has 2 aromatic heterocycles. The van der Waals surface area contributed by atoms with Crippen molar-refractivity contribution in [3.8, 4) is 6.07 Å². The zero-order valence-corrected chi connectivity index (χ0v) is 15.7. The first-order valence-electron chi connectivity index (χ1n) is 8.80. The molecular formula is C20H20N6O2. The minimum absolute atomic E-state index is 0.110. The number of primary amides is 1.